The first-order valence-corrected chi connectivity index (χ1v) is 8.22. The zero-order valence-corrected chi connectivity index (χ0v) is 15.2. The second-order valence-corrected chi connectivity index (χ2v) is 6.79. The Balaban J connectivity index is 2.05. The number of fused-ring (bicyclic) bond motifs is 1. The van der Waals surface area contributed by atoms with E-state index in [9.17, 15) is 14.9 Å². The van der Waals surface area contributed by atoms with Crippen LogP contribution < -0.4 is 14.4 Å². The Kier molecular flexibility index (Phi) is 4.50. The van der Waals surface area contributed by atoms with Gasteiger partial charge in [-0.3, -0.25) is 14.9 Å². The first-order valence-electron chi connectivity index (χ1n) is 7.85. The number of benzene rings is 2. The number of rotatable bonds is 4. The van der Waals surface area contributed by atoms with Crippen molar-refractivity contribution in [2.75, 3.05) is 12.0 Å². The van der Waals surface area contributed by atoms with Crippen molar-refractivity contribution in [3.63, 3.8) is 0 Å². The quantitative estimate of drug-likeness (QED) is 0.595. The van der Waals surface area contributed by atoms with Crippen LogP contribution in [-0.4, -0.2) is 23.5 Å². The topological polar surface area (TPSA) is 81.9 Å². The molecule has 1 heterocycles. The van der Waals surface area contributed by atoms with Gasteiger partial charge < -0.3 is 14.4 Å². The minimum absolute atomic E-state index is 0.0513. The van der Waals surface area contributed by atoms with Crippen molar-refractivity contribution >= 4 is 28.9 Å². The minimum atomic E-state index is -1.15. The summed E-state index contributed by atoms with van der Waals surface area (Å²) >= 11 is 6.03. The van der Waals surface area contributed by atoms with Crippen LogP contribution in [0.3, 0.4) is 0 Å². The third kappa shape index (κ3) is 3.17. The lowest BCUT2D eigenvalue weighted by Crippen LogP contribution is -2.52. The molecule has 0 fully saturated rings. The number of nitro benzene ring substituents is 1. The average Bonchev–Trinajstić information content (AvgIpc) is 2.59. The molecule has 0 atom stereocenters. The van der Waals surface area contributed by atoms with Gasteiger partial charge in [0.1, 0.15) is 10.8 Å². The van der Waals surface area contributed by atoms with Crippen molar-refractivity contribution in [2.24, 2.45) is 0 Å². The van der Waals surface area contributed by atoms with Crippen molar-refractivity contribution in [1.29, 1.82) is 0 Å². The Hall–Kier alpha value is -2.80. The monoisotopic (exact) mass is 376 g/mol. The fourth-order valence-corrected chi connectivity index (χ4v) is 3.02. The molecular weight excluding hydrogens is 360 g/mol. The van der Waals surface area contributed by atoms with Crippen molar-refractivity contribution in [1.82, 2.24) is 0 Å². The Morgan fingerprint density at radius 3 is 2.50 bits per heavy atom. The van der Waals surface area contributed by atoms with Gasteiger partial charge in [-0.25, -0.2) is 0 Å². The van der Waals surface area contributed by atoms with Gasteiger partial charge in [-0.15, -0.1) is 0 Å². The Bertz CT molecular complexity index is 880. The third-order valence-corrected chi connectivity index (χ3v) is 4.44. The molecule has 2 aromatic rings. The summed E-state index contributed by atoms with van der Waals surface area (Å²) in [5.41, 5.74) is -0.140. The highest BCUT2D eigenvalue weighted by Crippen LogP contribution is 2.43. The molecule has 0 spiro atoms. The Morgan fingerprint density at radius 2 is 1.92 bits per heavy atom. The molecule has 1 aliphatic rings. The van der Waals surface area contributed by atoms with E-state index < -0.39 is 10.5 Å². The summed E-state index contributed by atoms with van der Waals surface area (Å²) in [6, 6.07) is 9.95. The molecular formula is C18H17ClN2O5. The van der Waals surface area contributed by atoms with Crippen molar-refractivity contribution in [3.8, 4) is 11.5 Å². The minimum Gasteiger partial charge on any atom is -0.497 e. The number of amides is 1. The maximum Gasteiger partial charge on any atom is 0.291 e. The highest BCUT2D eigenvalue weighted by Gasteiger charge is 2.42. The van der Waals surface area contributed by atoms with Crippen LogP contribution in [0.2, 0.25) is 5.02 Å². The molecule has 0 aromatic heterocycles. The summed E-state index contributed by atoms with van der Waals surface area (Å²) in [6.45, 7) is 3.52. The van der Waals surface area contributed by atoms with Crippen LogP contribution in [0, 0.1) is 10.1 Å². The molecule has 7 nitrogen and oxygen atoms in total. The molecule has 1 aliphatic heterocycles. The molecule has 0 radical (unpaired) electrons. The molecule has 0 unspecified atom stereocenters. The van der Waals surface area contributed by atoms with Gasteiger partial charge in [-0.05, 0) is 37.6 Å². The van der Waals surface area contributed by atoms with E-state index >= 15 is 0 Å². The predicted octanol–water partition coefficient (Wildman–Crippen LogP) is 3.96. The number of hydrogen-bond donors (Lipinski definition) is 0. The highest BCUT2D eigenvalue weighted by atomic mass is 35.5. The molecule has 0 saturated heterocycles. The largest absolute Gasteiger partial charge is 0.497 e. The fourth-order valence-electron chi connectivity index (χ4n) is 2.79. The van der Waals surface area contributed by atoms with Gasteiger partial charge >= 0.3 is 0 Å². The molecule has 0 aliphatic carbocycles. The summed E-state index contributed by atoms with van der Waals surface area (Å²) < 4.78 is 10.8. The van der Waals surface area contributed by atoms with Crippen LogP contribution >= 0.6 is 11.6 Å². The van der Waals surface area contributed by atoms with Crippen LogP contribution in [0.25, 0.3) is 0 Å². The molecule has 3 rings (SSSR count). The number of anilines is 1. The van der Waals surface area contributed by atoms with E-state index in [0.29, 0.717) is 11.4 Å². The van der Waals surface area contributed by atoms with Gasteiger partial charge in [0.15, 0.2) is 11.4 Å². The van der Waals surface area contributed by atoms with Crippen molar-refractivity contribution in [2.45, 2.75) is 26.0 Å². The fraction of sp³-hybridized carbons (Fsp3) is 0.278. The van der Waals surface area contributed by atoms with E-state index in [1.165, 1.54) is 17.0 Å². The smallest absolute Gasteiger partial charge is 0.291 e. The van der Waals surface area contributed by atoms with E-state index in [2.05, 4.69) is 0 Å². The number of nitrogens with zero attached hydrogens (tertiary/aromatic N) is 2. The third-order valence-electron chi connectivity index (χ3n) is 4.14. The van der Waals surface area contributed by atoms with Gasteiger partial charge in [-0.1, -0.05) is 23.7 Å². The van der Waals surface area contributed by atoms with Gasteiger partial charge in [0.05, 0.1) is 30.3 Å². The maximum atomic E-state index is 12.9. The number of carbonyl (C=O) groups excluding carboxylic acids is 1. The van der Waals surface area contributed by atoms with Crippen LogP contribution in [0.5, 0.6) is 11.5 Å². The Morgan fingerprint density at radius 1 is 1.27 bits per heavy atom. The molecule has 0 saturated carbocycles. The lowest BCUT2D eigenvalue weighted by molar-refractivity contribution is -0.384. The number of nitro groups is 1. The summed E-state index contributed by atoms with van der Waals surface area (Å²) in [5.74, 6) is 0.700. The zero-order chi connectivity index (χ0) is 19.1. The zero-order valence-electron chi connectivity index (χ0n) is 14.5. The normalized spacial score (nSPS) is 15.2. The van der Waals surface area contributed by atoms with E-state index in [-0.39, 0.29) is 28.9 Å². The summed E-state index contributed by atoms with van der Waals surface area (Å²) in [5, 5.41) is 11.1. The van der Waals surface area contributed by atoms with Crippen LogP contribution in [0.15, 0.2) is 36.4 Å². The first kappa shape index (κ1) is 18.0. The van der Waals surface area contributed by atoms with E-state index in [1.807, 2.05) is 12.1 Å². The van der Waals surface area contributed by atoms with Gasteiger partial charge in [0, 0.05) is 0 Å². The summed E-state index contributed by atoms with van der Waals surface area (Å²) in [4.78, 5) is 24.9. The number of carbonyl (C=O) groups is 1. The molecule has 26 heavy (non-hydrogen) atoms. The molecule has 1 amide bonds. The van der Waals surface area contributed by atoms with Gasteiger partial charge in [0.2, 0.25) is 0 Å². The van der Waals surface area contributed by atoms with E-state index in [4.69, 9.17) is 21.1 Å². The van der Waals surface area contributed by atoms with E-state index in [0.717, 1.165) is 5.56 Å². The molecule has 0 bridgehead atoms. The first-order chi connectivity index (χ1) is 12.2. The number of ether oxygens (including phenoxy) is 2. The van der Waals surface area contributed by atoms with Gasteiger partial charge in [-0.2, -0.15) is 0 Å². The maximum absolute atomic E-state index is 12.9. The van der Waals surface area contributed by atoms with Crippen molar-refractivity contribution < 1.29 is 19.2 Å². The lowest BCUT2D eigenvalue weighted by atomic mass is 10.0. The predicted molar refractivity (Wildman–Crippen MR) is 97.0 cm³/mol. The summed E-state index contributed by atoms with van der Waals surface area (Å²) in [6.07, 6.45) is 0. The molecule has 136 valence electrons. The lowest BCUT2D eigenvalue weighted by Gasteiger charge is -2.38. The highest BCUT2D eigenvalue weighted by molar-refractivity contribution is 6.33. The molecule has 0 N–H and O–H groups in total. The number of halogens is 1. The van der Waals surface area contributed by atoms with Crippen LogP contribution in [0.4, 0.5) is 11.4 Å². The SMILES string of the molecule is COc1ccc(CN2C(=O)C(C)(C)Oc3cc([N+](=O)[O-])c(Cl)cc32)cc1. The van der Waals surface area contributed by atoms with E-state index in [1.54, 1.807) is 33.1 Å². The Labute approximate surface area is 155 Å². The molecule has 2 aromatic carbocycles. The van der Waals surface area contributed by atoms with Gasteiger partial charge in [0.25, 0.3) is 11.6 Å². The second kappa shape index (κ2) is 6.49. The standard InChI is InChI=1S/C18H17ClN2O5/c1-18(2)17(22)20(10-11-4-6-12(25-3)7-5-11)15-8-13(19)14(21(23)24)9-16(15)26-18/h4-9H,10H2,1-3H3. The van der Waals surface area contributed by atoms with Crippen LogP contribution in [-0.2, 0) is 11.3 Å². The van der Waals surface area contributed by atoms with Crippen molar-refractivity contribution in [3.05, 3.63) is 57.1 Å². The average molecular weight is 377 g/mol. The number of hydrogen-bond acceptors (Lipinski definition) is 5. The summed E-state index contributed by atoms with van der Waals surface area (Å²) in [7, 11) is 1.58. The molecule has 8 heteroatoms. The van der Waals surface area contributed by atoms with Crippen LogP contribution in [0.1, 0.15) is 19.4 Å². The number of methoxy groups -OCH3 is 1. The second-order valence-electron chi connectivity index (χ2n) is 6.38.